The summed E-state index contributed by atoms with van der Waals surface area (Å²) in [6.07, 6.45) is 7.45. The third kappa shape index (κ3) is 3.31. The molecule has 0 aliphatic heterocycles. The van der Waals surface area contributed by atoms with Crippen LogP contribution in [0.2, 0.25) is 0 Å². The molecule has 1 aromatic heterocycles. The van der Waals surface area contributed by atoms with Crippen molar-refractivity contribution in [2.75, 3.05) is 6.67 Å². The molecule has 0 bridgehead atoms. The summed E-state index contributed by atoms with van der Waals surface area (Å²) >= 11 is 5.16. The maximum Gasteiger partial charge on any atom is 0.108 e. The summed E-state index contributed by atoms with van der Waals surface area (Å²) in [4.78, 5) is 2.22. The highest BCUT2D eigenvalue weighted by atomic mass is 79.9. The summed E-state index contributed by atoms with van der Waals surface area (Å²) in [6, 6.07) is 6.25. The molecule has 0 unspecified atom stereocenters. The number of allylic oxidation sites excluding steroid dienone is 3. The standard InChI is InChI=1S/C15H15BrFNS/c1-3-12(5-4-8-17)19-15-10-18(2)14-7-6-11(16)9-13(14)15/h3-7,9-10H,8H2,1-2H3/b5-4-,12-3+. The molecule has 2 rings (SSSR count). The van der Waals surface area contributed by atoms with E-state index < -0.39 is 6.67 Å². The fraction of sp³-hybridized carbons (Fsp3) is 0.200. The first kappa shape index (κ1) is 14.4. The van der Waals surface area contributed by atoms with E-state index >= 15 is 0 Å². The summed E-state index contributed by atoms with van der Waals surface area (Å²) in [7, 11) is 2.03. The van der Waals surface area contributed by atoms with E-state index in [1.807, 2.05) is 32.2 Å². The minimum atomic E-state index is -0.432. The second kappa shape index (κ2) is 6.44. The van der Waals surface area contributed by atoms with Gasteiger partial charge in [0.05, 0.1) is 0 Å². The zero-order valence-corrected chi connectivity index (χ0v) is 13.3. The van der Waals surface area contributed by atoms with Crippen molar-refractivity contribution >= 4 is 38.6 Å². The van der Waals surface area contributed by atoms with Gasteiger partial charge in [0, 0.05) is 38.4 Å². The van der Waals surface area contributed by atoms with Crippen LogP contribution in [0, 0.1) is 0 Å². The van der Waals surface area contributed by atoms with Gasteiger partial charge in [0.25, 0.3) is 0 Å². The highest BCUT2D eigenvalue weighted by molar-refractivity contribution is 9.10. The van der Waals surface area contributed by atoms with E-state index in [0.29, 0.717) is 0 Å². The minimum absolute atomic E-state index is 0.432. The molecule has 0 fully saturated rings. The van der Waals surface area contributed by atoms with Crippen molar-refractivity contribution < 1.29 is 4.39 Å². The molecule has 0 saturated heterocycles. The highest BCUT2D eigenvalue weighted by Gasteiger charge is 2.08. The Hall–Kier alpha value is -1.00. The minimum Gasteiger partial charge on any atom is -0.349 e. The van der Waals surface area contributed by atoms with Crippen molar-refractivity contribution in [3.63, 3.8) is 0 Å². The average molecular weight is 340 g/mol. The Kier molecular flexibility index (Phi) is 4.88. The zero-order valence-electron chi connectivity index (χ0n) is 10.9. The SMILES string of the molecule is C/C=C(\C=C/CF)Sc1cn(C)c2ccc(Br)cc12. The monoisotopic (exact) mass is 339 g/mol. The average Bonchev–Trinajstić information content (AvgIpc) is 2.70. The van der Waals surface area contributed by atoms with E-state index in [-0.39, 0.29) is 0 Å². The lowest BCUT2D eigenvalue weighted by molar-refractivity contribution is 0.562. The van der Waals surface area contributed by atoms with Gasteiger partial charge in [0.1, 0.15) is 6.67 Å². The molecule has 1 heterocycles. The van der Waals surface area contributed by atoms with Crippen LogP contribution in [-0.2, 0) is 7.05 Å². The lowest BCUT2D eigenvalue weighted by Crippen LogP contribution is -1.82. The smallest absolute Gasteiger partial charge is 0.108 e. The summed E-state index contributed by atoms with van der Waals surface area (Å²) in [5.74, 6) is 0. The van der Waals surface area contributed by atoms with Crippen LogP contribution < -0.4 is 0 Å². The van der Waals surface area contributed by atoms with Crippen LogP contribution in [0.3, 0.4) is 0 Å². The van der Waals surface area contributed by atoms with Crippen LogP contribution >= 0.6 is 27.7 Å². The van der Waals surface area contributed by atoms with E-state index in [0.717, 1.165) is 9.38 Å². The van der Waals surface area contributed by atoms with Gasteiger partial charge in [-0.3, -0.25) is 0 Å². The molecule has 0 aliphatic rings. The summed E-state index contributed by atoms with van der Waals surface area (Å²) in [5.41, 5.74) is 1.19. The molecular weight excluding hydrogens is 325 g/mol. The Labute approximate surface area is 125 Å². The Bertz CT molecular complexity index is 643. The van der Waals surface area contributed by atoms with Crippen LogP contribution in [0.5, 0.6) is 0 Å². The Morgan fingerprint density at radius 1 is 1.47 bits per heavy atom. The number of alkyl halides is 1. The van der Waals surface area contributed by atoms with E-state index in [4.69, 9.17) is 0 Å². The largest absolute Gasteiger partial charge is 0.349 e. The number of aryl methyl sites for hydroxylation is 1. The molecule has 1 aromatic carbocycles. The fourth-order valence-corrected chi connectivity index (χ4v) is 3.27. The third-order valence-corrected chi connectivity index (χ3v) is 4.44. The molecule has 0 spiro atoms. The van der Waals surface area contributed by atoms with Gasteiger partial charge in [0.15, 0.2) is 0 Å². The van der Waals surface area contributed by atoms with Gasteiger partial charge in [-0.1, -0.05) is 39.8 Å². The second-order valence-electron chi connectivity index (χ2n) is 4.12. The maximum absolute atomic E-state index is 12.2. The number of aromatic nitrogens is 1. The van der Waals surface area contributed by atoms with Crippen molar-refractivity contribution in [1.82, 2.24) is 4.57 Å². The van der Waals surface area contributed by atoms with Gasteiger partial charge in [-0.2, -0.15) is 0 Å². The molecule has 0 saturated carbocycles. The molecule has 0 atom stereocenters. The molecule has 0 amide bonds. The van der Waals surface area contributed by atoms with Gasteiger partial charge in [0.2, 0.25) is 0 Å². The summed E-state index contributed by atoms with van der Waals surface area (Å²) in [6.45, 7) is 1.53. The number of hydrogen-bond acceptors (Lipinski definition) is 1. The van der Waals surface area contributed by atoms with E-state index in [1.54, 1.807) is 11.8 Å². The number of nitrogens with zero attached hydrogens (tertiary/aromatic N) is 1. The topological polar surface area (TPSA) is 4.93 Å². The zero-order chi connectivity index (χ0) is 13.8. The van der Waals surface area contributed by atoms with Gasteiger partial charge in [-0.05, 0) is 31.2 Å². The number of fused-ring (bicyclic) bond motifs is 1. The number of benzene rings is 1. The number of hydrogen-bond donors (Lipinski definition) is 0. The Morgan fingerprint density at radius 3 is 2.95 bits per heavy atom. The third-order valence-electron chi connectivity index (χ3n) is 2.80. The van der Waals surface area contributed by atoms with Crippen molar-refractivity contribution in [2.45, 2.75) is 11.8 Å². The lowest BCUT2D eigenvalue weighted by Gasteiger charge is -2.00. The molecule has 19 heavy (non-hydrogen) atoms. The molecule has 4 heteroatoms. The predicted molar refractivity (Wildman–Crippen MR) is 85.3 cm³/mol. The van der Waals surface area contributed by atoms with Crippen molar-refractivity contribution in [3.05, 3.63) is 52.0 Å². The lowest BCUT2D eigenvalue weighted by atomic mass is 10.2. The first-order valence-corrected chi connectivity index (χ1v) is 7.58. The van der Waals surface area contributed by atoms with E-state index in [1.165, 1.54) is 21.9 Å². The molecule has 1 nitrogen and oxygen atoms in total. The van der Waals surface area contributed by atoms with Crippen molar-refractivity contribution in [3.8, 4) is 0 Å². The van der Waals surface area contributed by atoms with E-state index in [2.05, 4.69) is 38.8 Å². The first-order chi connectivity index (χ1) is 9.15. The van der Waals surface area contributed by atoms with E-state index in [9.17, 15) is 4.39 Å². The fourth-order valence-electron chi connectivity index (χ4n) is 1.89. The first-order valence-electron chi connectivity index (χ1n) is 5.97. The molecular formula is C15H15BrFNS. The van der Waals surface area contributed by atoms with Crippen LogP contribution in [0.25, 0.3) is 10.9 Å². The van der Waals surface area contributed by atoms with Gasteiger partial charge >= 0.3 is 0 Å². The molecule has 0 aliphatic carbocycles. The van der Waals surface area contributed by atoms with Gasteiger partial charge in [-0.15, -0.1) is 0 Å². The number of rotatable bonds is 4. The van der Waals surface area contributed by atoms with Crippen LogP contribution in [0.1, 0.15) is 6.92 Å². The Balaban J connectivity index is 2.40. The van der Waals surface area contributed by atoms with Gasteiger partial charge < -0.3 is 4.57 Å². The van der Waals surface area contributed by atoms with Gasteiger partial charge in [-0.25, -0.2) is 4.39 Å². The number of halogens is 2. The van der Waals surface area contributed by atoms with Crippen molar-refractivity contribution in [1.29, 1.82) is 0 Å². The van der Waals surface area contributed by atoms with Crippen LogP contribution in [0.4, 0.5) is 4.39 Å². The normalized spacial score (nSPS) is 12.7. The van der Waals surface area contributed by atoms with Crippen molar-refractivity contribution in [2.24, 2.45) is 7.05 Å². The second-order valence-corrected chi connectivity index (χ2v) is 6.15. The maximum atomic E-state index is 12.2. The van der Waals surface area contributed by atoms with Crippen LogP contribution in [0.15, 0.2) is 56.9 Å². The quantitative estimate of drug-likeness (QED) is 0.528. The molecule has 100 valence electrons. The summed E-state index contributed by atoms with van der Waals surface area (Å²) in [5, 5.41) is 1.20. The molecule has 0 radical (unpaired) electrons. The number of thioether (sulfide) groups is 1. The predicted octanol–water partition coefficient (Wildman–Crippen LogP) is 5.46. The highest BCUT2D eigenvalue weighted by Crippen LogP contribution is 2.35. The molecule has 2 aromatic rings. The Morgan fingerprint density at radius 2 is 2.26 bits per heavy atom. The molecule has 0 N–H and O–H groups in total. The summed E-state index contributed by atoms with van der Waals surface area (Å²) < 4.78 is 15.4. The van der Waals surface area contributed by atoms with Crippen LogP contribution in [-0.4, -0.2) is 11.2 Å².